The normalized spacial score (nSPS) is 12.7. The molecule has 1 amide bonds. The third-order valence-electron chi connectivity index (χ3n) is 1.45. The number of nitrogens with two attached hydrogens (primary N) is 1. The van der Waals surface area contributed by atoms with Crippen molar-refractivity contribution in [2.75, 3.05) is 19.7 Å². The topological polar surface area (TPSA) is 66.6 Å². The molecule has 0 radical (unpaired) electrons. The van der Waals surface area contributed by atoms with Gasteiger partial charge in [-0.2, -0.15) is 0 Å². The average molecular weight is 160 g/mol. The van der Waals surface area contributed by atoms with Gasteiger partial charge in [0.05, 0.1) is 12.6 Å². The van der Waals surface area contributed by atoms with E-state index in [1.807, 2.05) is 6.92 Å². The Morgan fingerprint density at radius 1 is 1.73 bits per heavy atom. The van der Waals surface area contributed by atoms with Gasteiger partial charge in [-0.25, -0.2) is 0 Å². The SMILES string of the molecule is CCN(CCO)C(=O)C(C)N. The minimum atomic E-state index is -0.471. The summed E-state index contributed by atoms with van der Waals surface area (Å²) in [5, 5.41) is 8.56. The number of nitrogens with zero attached hydrogens (tertiary/aromatic N) is 1. The van der Waals surface area contributed by atoms with Gasteiger partial charge in [-0.3, -0.25) is 4.79 Å². The number of hydrogen-bond donors (Lipinski definition) is 2. The first kappa shape index (κ1) is 10.4. The van der Waals surface area contributed by atoms with Crippen molar-refractivity contribution >= 4 is 5.91 Å². The zero-order valence-corrected chi connectivity index (χ0v) is 7.08. The first-order valence-corrected chi connectivity index (χ1v) is 3.78. The van der Waals surface area contributed by atoms with Gasteiger partial charge in [-0.1, -0.05) is 0 Å². The van der Waals surface area contributed by atoms with Gasteiger partial charge in [-0.15, -0.1) is 0 Å². The highest BCUT2D eigenvalue weighted by Gasteiger charge is 2.14. The van der Waals surface area contributed by atoms with Gasteiger partial charge >= 0.3 is 0 Å². The lowest BCUT2D eigenvalue weighted by atomic mass is 10.3. The van der Waals surface area contributed by atoms with E-state index in [2.05, 4.69) is 0 Å². The molecule has 0 aliphatic rings. The minimum Gasteiger partial charge on any atom is -0.395 e. The number of amides is 1. The van der Waals surface area contributed by atoms with E-state index in [1.165, 1.54) is 4.90 Å². The largest absolute Gasteiger partial charge is 0.395 e. The first-order chi connectivity index (χ1) is 5.13. The van der Waals surface area contributed by atoms with Crippen LogP contribution >= 0.6 is 0 Å². The predicted octanol–water partition coefficient (Wildman–Crippen LogP) is -0.826. The van der Waals surface area contributed by atoms with Gasteiger partial charge in [-0.05, 0) is 13.8 Å². The standard InChI is InChI=1S/C7H16N2O2/c1-3-9(4-5-10)7(11)6(2)8/h6,10H,3-5,8H2,1-2H3. The molecule has 1 unspecified atom stereocenters. The molecule has 0 saturated heterocycles. The summed E-state index contributed by atoms with van der Waals surface area (Å²) in [5.41, 5.74) is 5.37. The maximum absolute atomic E-state index is 11.2. The Kier molecular flexibility index (Phi) is 4.81. The molecule has 0 aromatic rings. The van der Waals surface area contributed by atoms with E-state index in [1.54, 1.807) is 6.92 Å². The average Bonchev–Trinajstić information content (AvgIpc) is 1.98. The molecule has 11 heavy (non-hydrogen) atoms. The molecule has 3 N–H and O–H groups in total. The Morgan fingerprint density at radius 3 is 2.55 bits per heavy atom. The highest BCUT2D eigenvalue weighted by Crippen LogP contribution is 1.91. The summed E-state index contributed by atoms with van der Waals surface area (Å²) in [5.74, 6) is -0.110. The van der Waals surface area contributed by atoms with Crippen LogP contribution in [0.2, 0.25) is 0 Å². The zero-order valence-electron chi connectivity index (χ0n) is 7.08. The summed E-state index contributed by atoms with van der Waals surface area (Å²) < 4.78 is 0. The van der Waals surface area contributed by atoms with Crippen LogP contribution < -0.4 is 5.73 Å². The molecule has 0 saturated carbocycles. The summed E-state index contributed by atoms with van der Waals surface area (Å²) >= 11 is 0. The van der Waals surface area contributed by atoms with Crippen LogP contribution in [-0.2, 0) is 4.79 Å². The van der Waals surface area contributed by atoms with Gasteiger partial charge in [0.15, 0.2) is 0 Å². The lowest BCUT2D eigenvalue weighted by molar-refractivity contribution is -0.132. The molecule has 0 heterocycles. The molecule has 4 nitrogen and oxygen atoms in total. The first-order valence-electron chi connectivity index (χ1n) is 3.78. The lowest BCUT2D eigenvalue weighted by Gasteiger charge is -2.21. The molecule has 0 aromatic carbocycles. The van der Waals surface area contributed by atoms with Gasteiger partial charge in [0, 0.05) is 13.1 Å². The quantitative estimate of drug-likeness (QED) is 0.564. The minimum absolute atomic E-state index is 0.00764. The van der Waals surface area contributed by atoms with E-state index in [0.29, 0.717) is 13.1 Å². The second kappa shape index (κ2) is 5.09. The van der Waals surface area contributed by atoms with Crippen molar-refractivity contribution in [3.8, 4) is 0 Å². The maximum Gasteiger partial charge on any atom is 0.239 e. The number of likely N-dealkylation sites (N-methyl/N-ethyl adjacent to an activating group) is 1. The van der Waals surface area contributed by atoms with E-state index >= 15 is 0 Å². The van der Waals surface area contributed by atoms with Crippen LogP contribution in [0.25, 0.3) is 0 Å². The molecule has 0 aliphatic carbocycles. The molecule has 66 valence electrons. The molecule has 0 spiro atoms. The summed E-state index contributed by atoms with van der Waals surface area (Å²) in [4.78, 5) is 12.7. The van der Waals surface area contributed by atoms with E-state index < -0.39 is 6.04 Å². The monoisotopic (exact) mass is 160 g/mol. The fraction of sp³-hybridized carbons (Fsp3) is 0.857. The van der Waals surface area contributed by atoms with Crippen LogP contribution in [0.15, 0.2) is 0 Å². The molecular weight excluding hydrogens is 144 g/mol. The van der Waals surface area contributed by atoms with Crippen molar-refractivity contribution in [3.05, 3.63) is 0 Å². The van der Waals surface area contributed by atoms with Crippen molar-refractivity contribution in [2.45, 2.75) is 19.9 Å². The summed E-state index contributed by atoms with van der Waals surface area (Å²) in [6.45, 7) is 4.46. The molecule has 0 bridgehead atoms. The third-order valence-corrected chi connectivity index (χ3v) is 1.45. The van der Waals surface area contributed by atoms with Crippen molar-refractivity contribution in [1.29, 1.82) is 0 Å². The Labute approximate surface area is 67.0 Å². The molecule has 1 atom stereocenters. The van der Waals surface area contributed by atoms with E-state index in [-0.39, 0.29) is 12.5 Å². The summed E-state index contributed by atoms with van der Waals surface area (Å²) in [6, 6.07) is -0.471. The van der Waals surface area contributed by atoms with Crippen molar-refractivity contribution < 1.29 is 9.90 Å². The van der Waals surface area contributed by atoms with Gasteiger partial charge in [0.2, 0.25) is 5.91 Å². The molecule has 0 aliphatic heterocycles. The second-order valence-corrected chi connectivity index (χ2v) is 2.43. The Balaban J connectivity index is 3.92. The number of hydrogen-bond acceptors (Lipinski definition) is 3. The molecular formula is C7H16N2O2. The van der Waals surface area contributed by atoms with Crippen molar-refractivity contribution in [2.24, 2.45) is 5.73 Å². The van der Waals surface area contributed by atoms with Gasteiger partial charge in [0.25, 0.3) is 0 Å². The number of aliphatic hydroxyl groups is 1. The second-order valence-electron chi connectivity index (χ2n) is 2.43. The third kappa shape index (κ3) is 3.34. The van der Waals surface area contributed by atoms with E-state index in [4.69, 9.17) is 10.8 Å². The van der Waals surface area contributed by atoms with Crippen LogP contribution in [0.1, 0.15) is 13.8 Å². The van der Waals surface area contributed by atoms with Gasteiger partial charge in [0.1, 0.15) is 0 Å². The summed E-state index contributed by atoms with van der Waals surface area (Å²) in [6.07, 6.45) is 0. The van der Waals surface area contributed by atoms with E-state index in [9.17, 15) is 4.79 Å². The summed E-state index contributed by atoms with van der Waals surface area (Å²) in [7, 11) is 0. The van der Waals surface area contributed by atoms with E-state index in [0.717, 1.165) is 0 Å². The highest BCUT2D eigenvalue weighted by atomic mass is 16.3. The van der Waals surface area contributed by atoms with Crippen LogP contribution in [0.5, 0.6) is 0 Å². The zero-order chi connectivity index (χ0) is 8.85. The van der Waals surface area contributed by atoms with Crippen LogP contribution in [-0.4, -0.2) is 41.7 Å². The number of aliphatic hydroxyl groups excluding tert-OH is 1. The number of carbonyl (C=O) groups excluding carboxylic acids is 1. The van der Waals surface area contributed by atoms with Crippen LogP contribution in [0.4, 0.5) is 0 Å². The molecule has 4 heteroatoms. The fourth-order valence-electron chi connectivity index (χ4n) is 0.833. The molecule has 0 fully saturated rings. The van der Waals surface area contributed by atoms with Crippen molar-refractivity contribution in [3.63, 3.8) is 0 Å². The Hall–Kier alpha value is -0.610. The Bertz CT molecular complexity index is 126. The predicted molar refractivity (Wildman–Crippen MR) is 43.0 cm³/mol. The smallest absolute Gasteiger partial charge is 0.239 e. The maximum atomic E-state index is 11.2. The number of carbonyl (C=O) groups is 1. The fourth-order valence-corrected chi connectivity index (χ4v) is 0.833. The highest BCUT2D eigenvalue weighted by molar-refractivity contribution is 5.81. The molecule has 0 rings (SSSR count). The van der Waals surface area contributed by atoms with Crippen LogP contribution in [0, 0.1) is 0 Å². The van der Waals surface area contributed by atoms with Crippen molar-refractivity contribution in [1.82, 2.24) is 4.90 Å². The number of rotatable bonds is 4. The lowest BCUT2D eigenvalue weighted by Crippen LogP contribution is -2.43. The Morgan fingerprint density at radius 2 is 2.27 bits per heavy atom. The van der Waals surface area contributed by atoms with Crippen LogP contribution in [0.3, 0.4) is 0 Å². The van der Waals surface area contributed by atoms with Gasteiger partial charge < -0.3 is 15.7 Å². The molecule has 0 aromatic heterocycles.